The second-order valence-electron chi connectivity index (χ2n) is 4.88. The van der Waals surface area contributed by atoms with E-state index in [4.69, 9.17) is 9.26 Å². The van der Waals surface area contributed by atoms with Crippen LogP contribution in [0.2, 0.25) is 0 Å². The minimum atomic E-state index is 0.220. The van der Waals surface area contributed by atoms with E-state index in [9.17, 15) is 0 Å². The fourth-order valence-corrected chi connectivity index (χ4v) is 2.34. The molecular weight excluding hydrogens is 334 g/mol. The first-order chi connectivity index (χ1) is 10.1. The molecule has 21 heavy (non-hydrogen) atoms. The number of nitrogens with one attached hydrogen (secondary N) is 1. The summed E-state index contributed by atoms with van der Waals surface area (Å²) >= 11 is 3.48. The number of ether oxygens (including phenoxy) is 1. The maximum Gasteiger partial charge on any atom is 0.264 e. The SMILES string of the molecule is CCCNC(C)c1ccc(Br)cc1OCc1nc(C)no1. The Bertz CT molecular complexity index is 586. The summed E-state index contributed by atoms with van der Waals surface area (Å²) in [7, 11) is 0. The van der Waals surface area contributed by atoms with E-state index in [0.29, 0.717) is 11.7 Å². The van der Waals surface area contributed by atoms with Crippen LogP contribution in [0.5, 0.6) is 5.75 Å². The number of hydrogen-bond acceptors (Lipinski definition) is 5. The Balaban J connectivity index is 2.10. The summed E-state index contributed by atoms with van der Waals surface area (Å²) in [5, 5.41) is 7.22. The summed E-state index contributed by atoms with van der Waals surface area (Å²) in [6, 6.07) is 6.26. The van der Waals surface area contributed by atoms with Gasteiger partial charge in [-0.3, -0.25) is 0 Å². The van der Waals surface area contributed by atoms with Gasteiger partial charge in [-0.05, 0) is 38.9 Å². The predicted octanol–water partition coefficient (Wildman–Crippen LogP) is 3.78. The topological polar surface area (TPSA) is 60.2 Å². The van der Waals surface area contributed by atoms with E-state index in [1.807, 2.05) is 12.1 Å². The standard InChI is InChI=1S/C15H20BrN3O2/c1-4-7-17-10(2)13-6-5-12(16)8-14(13)20-9-15-18-11(3)19-21-15/h5-6,8,10,17H,4,7,9H2,1-3H3. The average molecular weight is 354 g/mol. The van der Waals surface area contributed by atoms with Crippen molar-refractivity contribution in [3.63, 3.8) is 0 Å². The molecule has 0 fully saturated rings. The predicted molar refractivity (Wildman–Crippen MR) is 84.2 cm³/mol. The van der Waals surface area contributed by atoms with Gasteiger partial charge in [0.25, 0.3) is 5.89 Å². The van der Waals surface area contributed by atoms with Crippen molar-refractivity contribution in [1.29, 1.82) is 0 Å². The van der Waals surface area contributed by atoms with Crippen molar-refractivity contribution >= 4 is 15.9 Å². The van der Waals surface area contributed by atoms with Gasteiger partial charge in [0.05, 0.1) is 0 Å². The fraction of sp³-hybridized carbons (Fsp3) is 0.467. The molecule has 1 aromatic carbocycles. The van der Waals surface area contributed by atoms with Crippen LogP contribution in [-0.4, -0.2) is 16.7 Å². The lowest BCUT2D eigenvalue weighted by atomic mass is 10.1. The van der Waals surface area contributed by atoms with E-state index in [1.54, 1.807) is 6.92 Å². The molecule has 1 N–H and O–H groups in total. The lowest BCUT2D eigenvalue weighted by molar-refractivity contribution is 0.239. The minimum Gasteiger partial charge on any atom is -0.483 e. The molecule has 0 radical (unpaired) electrons. The minimum absolute atomic E-state index is 0.220. The van der Waals surface area contributed by atoms with Crippen molar-refractivity contribution in [3.8, 4) is 5.75 Å². The van der Waals surface area contributed by atoms with Crippen LogP contribution in [0.15, 0.2) is 27.2 Å². The number of hydrogen-bond donors (Lipinski definition) is 1. The van der Waals surface area contributed by atoms with Gasteiger partial charge in [0.1, 0.15) is 5.75 Å². The van der Waals surface area contributed by atoms with Gasteiger partial charge in [0.2, 0.25) is 0 Å². The summed E-state index contributed by atoms with van der Waals surface area (Å²) in [5.74, 6) is 1.91. The highest BCUT2D eigenvalue weighted by Gasteiger charge is 2.13. The van der Waals surface area contributed by atoms with Crippen LogP contribution >= 0.6 is 15.9 Å². The number of benzene rings is 1. The Kier molecular flexibility index (Phi) is 5.76. The molecule has 0 aliphatic heterocycles. The summed E-state index contributed by atoms with van der Waals surface area (Å²) in [6.07, 6.45) is 1.10. The van der Waals surface area contributed by atoms with Crippen molar-refractivity contribution in [2.24, 2.45) is 0 Å². The van der Waals surface area contributed by atoms with Crippen molar-refractivity contribution in [1.82, 2.24) is 15.5 Å². The third-order valence-corrected chi connectivity index (χ3v) is 3.56. The molecule has 114 valence electrons. The number of rotatable bonds is 7. The second kappa shape index (κ2) is 7.56. The maximum absolute atomic E-state index is 5.85. The summed E-state index contributed by atoms with van der Waals surface area (Å²) in [5.41, 5.74) is 1.11. The molecule has 0 aliphatic rings. The lowest BCUT2D eigenvalue weighted by Gasteiger charge is -2.18. The summed E-state index contributed by atoms with van der Waals surface area (Å²) in [6.45, 7) is 7.30. The zero-order valence-electron chi connectivity index (χ0n) is 12.5. The van der Waals surface area contributed by atoms with Crippen molar-refractivity contribution in [2.45, 2.75) is 39.8 Å². The molecule has 1 aromatic heterocycles. The third-order valence-electron chi connectivity index (χ3n) is 3.06. The summed E-state index contributed by atoms with van der Waals surface area (Å²) < 4.78 is 11.9. The van der Waals surface area contributed by atoms with Crippen LogP contribution < -0.4 is 10.1 Å². The van der Waals surface area contributed by atoms with Crippen LogP contribution in [0.3, 0.4) is 0 Å². The van der Waals surface area contributed by atoms with Crippen LogP contribution in [0.25, 0.3) is 0 Å². The largest absolute Gasteiger partial charge is 0.483 e. The van der Waals surface area contributed by atoms with Gasteiger partial charge in [-0.1, -0.05) is 34.1 Å². The average Bonchev–Trinajstić information content (AvgIpc) is 2.88. The molecule has 0 spiro atoms. The number of aryl methyl sites for hydroxylation is 1. The Morgan fingerprint density at radius 3 is 2.90 bits per heavy atom. The van der Waals surface area contributed by atoms with Gasteiger partial charge < -0.3 is 14.6 Å². The molecule has 0 saturated carbocycles. The van der Waals surface area contributed by atoms with Gasteiger partial charge in [0, 0.05) is 16.1 Å². The van der Waals surface area contributed by atoms with E-state index in [1.165, 1.54) is 0 Å². The van der Waals surface area contributed by atoms with Crippen molar-refractivity contribution < 1.29 is 9.26 Å². The number of aromatic nitrogens is 2. The van der Waals surface area contributed by atoms with Crippen LogP contribution in [0.4, 0.5) is 0 Å². The molecule has 5 nitrogen and oxygen atoms in total. The quantitative estimate of drug-likeness (QED) is 0.820. The Morgan fingerprint density at radius 1 is 1.43 bits per heavy atom. The van der Waals surface area contributed by atoms with Gasteiger partial charge in [0.15, 0.2) is 12.4 Å². The van der Waals surface area contributed by atoms with Gasteiger partial charge >= 0.3 is 0 Å². The number of halogens is 1. The van der Waals surface area contributed by atoms with E-state index in [0.717, 1.165) is 28.8 Å². The molecule has 6 heteroatoms. The van der Waals surface area contributed by atoms with Gasteiger partial charge in [-0.15, -0.1) is 0 Å². The van der Waals surface area contributed by atoms with E-state index < -0.39 is 0 Å². The van der Waals surface area contributed by atoms with Gasteiger partial charge in [-0.2, -0.15) is 4.98 Å². The number of nitrogens with zero attached hydrogens (tertiary/aromatic N) is 2. The van der Waals surface area contributed by atoms with Crippen LogP contribution in [-0.2, 0) is 6.61 Å². The van der Waals surface area contributed by atoms with Crippen LogP contribution in [0.1, 0.15) is 43.6 Å². The molecular formula is C15H20BrN3O2. The molecule has 0 aliphatic carbocycles. The second-order valence-corrected chi connectivity index (χ2v) is 5.80. The summed E-state index contributed by atoms with van der Waals surface area (Å²) in [4.78, 5) is 4.14. The first kappa shape index (κ1) is 16.0. The monoisotopic (exact) mass is 353 g/mol. The zero-order valence-corrected chi connectivity index (χ0v) is 14.1. The molecule has 0 amide bonds. The smallest absolute Gasteiger partial charge is 0.264 e. The molecule has 1 heterocycles. The highest BCUT2D eigenvalue weighted by Crippen LogP contribution is 2.29. The van der Waals surface area contributed by atoms with E-state index >= 15 is 0 Å². The Labute approximate surface area is 133 Å². The Morgan fingerprint density at radius 2 is 2.24 bits per heavy atom. The molecule has 1 atom stereocenters. The molecule has 0 saturated heterocycles. The first-order valence-electron chi connectivity index (χ1n) is 7.05. The highest BCUT2D eigenvalue weighted by atomic mass is 79.9. The molecule has 2 rings (SSSR count). The maximum atomic E-state index is 5.85. The Hall–Kier alpha value is -1.40. The first-order valence-corrected chi connectivity index (χ1v) is 7.84. The highest BCUT2D eigenvalue weighted by molar-refractivity contribution is 9.10. The van der Waals surface area contributed by atoms with Gasteiger partial charge in [-0.25, -0.2) is 0 Å². The fourth-order valence-electron chi connectivity index (χ4n) is 2.00. The zero-order chi connectivity index (χ0) is 15.2. The molecule has 1 unspecified atom stereocenters. The molecule has 2 aromatic rings. The third kappa shape index (κ3) is 4.54. The van der Waals surface area contributed by atoms with E-state index in [2.05, 4.69) is 51.3 Å². The molecule has 0 bridgehead atoms. The normalized spacial score (nSPS) is 12.4. The van der Waals surface area contributed by atoms with Crippen LogP contribution in [0, 0.1) is 6.92 Å². The lowest BCUT2D eigenvalue weighted by Crippen LogP contribution is -2.20. The van der Waals surface area contributed by atoms with Crippen molar-refractivity contribution in [3.05, 3.63) is 40.0 Å². The van der Waals surface area contributed by atoms with E-state index in [-0.39, 0.29) is 12.6 Å². The van der Waals surface area contributed by atoms with Crippen molar-refractivity contribution in [2.75, 3.05) is 6.54 Å².